The average molecular weight is 568 g/mol. The minimum absolute atomic E-state index is 0.0117. The molecule has 2 aromatic heterocycles. The summed E-state index contributed by atoms with van der Waals surface area (Å²) in [5.41, 5.74) is 2.41. The van der Waals surface area contributed by atoms with Crippen molar-refractivity contribution in [3.8, 4) is 23.3 Å². The lowest BCUT2D eigenvalue weighted by atomic mass is 10.2. The van der Waals surface area contributed by atoms with Gasteiger partial charge in [0.1, 0.15) is 41.9 Å². The molecule has 0 amide bonds. The number of benzene rings is 2. The summed E-state index contributed by atoms with van der Waals surface area (Å²) in [5.74, 6) is 0.814. The van der Waals surface area contributed by atoms with E-state index < -0.39 is 10.0 Å². The van der Waals surface area contributed by atoms with Crippen LogP contribution in [0.5, 0.6) is 11.5 Å². The van der Waals surface area contributed by atoms with Crippen molar-refractivity contribution in [3.05, 3.63) is 64.2 Å². The van der Waals surface area contributed by atoms with E-state index in [9.17, 15) is 13.7 Å². The van der Waals surface area contributed by atoms with Crippen LogP contribution in [-0.4, -0.2) is 46.7 Å². The Kier molecular flexibility index (Phi) is 7.70. The first-order valence-corrected chi connectivity index (χ1v) is 13.4. The molecule has 2 heterocycles. The minimum Gasteiger partial charge on any atom is -0.489 e. The number of nitriles is 1. The van der Waals surface area contributed by atoms with Gasteiger partial charge in [0.15, 0.2) is 5.75 Å². The number of rotatable bonds is 9. The smallest absolute Gasteiger partial charge is 0.236 e. The van der Waals surface area contributed by atoms with E-state index >= 15 is 0 Å². The van der Waals surface area contributed by atoms with Crippen molar-refractivity contribution in [1.82, 2.24) is 19.5 Å². The van der Waals surface area contributed by atoms with Crippen LogP contribution in [0.2, 0.25) is 10.0 Å². The van der Waals surface area contributed by atoms with Crippen LogP contribution in [0, 0.1) is 11.3 Å². The first-order valence-electron chi connectivity index (χ1n) is 10.2. The Morgan fingerprint density at radius 1 is 1.17 bits per heavy atom. The number of sulfonamides is 1. The van der Waals surface area contributed by atoms with Crippen LogP contribution in [0.1, 0.15) is 11.3 Å². The highest BCUT2D eigenvalue weighted by atomic mass is 35.5. The van der Waals surface area contributed by atoms with Crippen LogP contribution in [0.4, 0.5) is 5.95 Å². The molecule has 0 spiro atoms. The maximum absolute atomic E-state index is 11.4. The molecule has 0 saturated carbocycles. The largest absolute Gasteiger partial charge is 0.489 e. The molecule has 0 aliphatic carbocycles. The molecule has 0 radical (unpaired) electrons. The Bertz CT molecular complexity index is 1590. The van der Waals surface area contributed by atoms with E-state index in [0.29, 0.717) is 28.2 Å². The summed E-state index contributed by atoms with van der Waals surface area (Å²) in [4.78, 5) is 12.4. The molecule has 0 saturated heterocycles. The SMILES string of the molecule is CS(=O)(=O)Nc1nccc(COc2ccc3c(ncn3-c3cc(Cl)c(OCCCl)c(C#N)c3)c2Cl)n1. The second kappa shape index (κ2) is 10.8. The second-order valence-corrected chi connectivity index (χ2v) is 10.3. The number of hydrogen-bond acceptors (Lipinski definition) is 8. The summed E-state index contributed by atoms with van der Waals surface area (Å²) in [6.45, 7) is 0.226. The second-order valence-electron chi connectivity index (χ2n) is 7.35. The first-order chi connectivity index (χ1) is 17.2. The van der Waals surface area contributed by atoms with E-state index in [-0.39, 0.29) is 46.4 Å². The summed E-state index contributed by atoms with van der Waals surface area (Å²) in [5, 5.41) is 10.1. The Morgan fingerprint density at radius 2 is 1.97 bits per heavy atom. The molecule has 1 N–H and O–H groups in total. The molecule has 0 fully saturated rings. The zero-order valence-corrected chi connectivity index (χ0v) is 21.7. The molecule has 4 aromatic rings. The Morgan fingerprint density at radius 3 is 2.69 bits per heavy atom. The van der Waals surface area contributed by atoms with Gasteiger partial charge in [-0.1, -0.05) is 23.2 Å². The summed E-state index contributed by atoms with van der Waals surface area (Å²) in [6.07, 6.45) is 3.98. The maximum Gasteiger partial charge on any atom is 0.236 e. The molecule has 0 aliphatic heterocycles. The third-order valence-electron chi connectivity index (χ3n) is 4.74. The fourth-order valence-electron chi connectivity index (χ4n) is 3.28. The standard InChI is InChI=1S/C22H17Cl3N6O4S/c1-36(32,33)30-22-27-6-4-14(29-22)11-35-18-3-2-17-20(19(18)25)28-12-31(17)15-8-13(10-26)21(16(24)9-15)34-7-5-23/h2-4,6,8-9,12H,5,7,11H2,1H3,(H,27,29,30). The molecule has 0 bridgehead atoms. The van der Waals surface area contributed by atoms with Crippen molar-refractivity contribution < 1.29 is 17.9 Å². The highest BCUT2D eigenvalue weighted by Gasteiger charge is 2.17. The van der Waals surface area contributed by atoms with Gasteiger partial charge >= 0.3 is 0 Å². The van der Waals surface area contributed by atoms with E-state index in [0.717, 1.165) is 6.26 Å². The number of nitrogens with one attached hydrogen (secondary N) is 1. The highest BCUT2D eigenvalue weighted by Crippen LogP contribution is 2.36. The number of hydrogen-bond donors (Lipinski definition) is 1. The van der Waals surface area contributed by atoms with Gasteiger partial charge in [0.25, 0.3) is 0 Å². The van der Waals surface area contributed by atoms with Crippen LogP contribution in [0.15, 0.2) is 42.9 Å². The van der Waals surface area contributed by atoms with Crippen LogP contribution >= 0.6 is 34.8 Å². The van der Waals surface area contributed by atoms with Gasteiger partial charge in [-0.15, -0.1) is 11.6 Å². The predicted molar refractivity (Wildman–Crippen MR) is 137 cm³/mol. The van der Waals surface area contributed by atoms with Gasteiger partial charge in [0, 0.05) is 6.20 Å². The molecule has 0 aliphatic rings. The monoisotopic (exact) mass is 566 g/mol. The number of anilines is 1. The molecule has 186 valence electrons. The third kappa shape index (κ3) is 5.74. The van der Waals surface area contributed by atoms with Crippen molar-refractivity contribution in [2.75, 3.05) is 23.5 Å². The zero-order chi connectivity index (χ0) is 25.9. The number of ether oxygens (including phenoxy) is 2. The number of fused-ring (bicyclic) bond motifs is 1. The number of nitrogens with zero attached hydrogens (tertiary/aromatic N) is 5. The Hall–Kier alpha value is -3.30. The van der Waals surface area contributed by atoms with Crippen molar-refractivity contribution in [1.29, 1.82) is 5.26 Å². The van der Waals surface area contributed by atoms with Crippen LogP contribution in [-0.2, 0) is 16.6 Å². The summed E-state index contributed by atoms with van der Waals surface area (Å²) in [6, 6.07) is 10.4. The van der Waals surface area contributed by atoms with Crippen LogP contribution in [0.3, 0.4) is 0 Å². The van der Waals surface area contributed by atoms with Crippen molar-refractivity contribution in [2.45, 2.75) is 6.61 Å². The third-order valence-corrected chi connectivity index (χ3v) is 6.09. The van der Waals surface area contributed by atoms with Gasteiger partial charge < -0.3 is 9.47 Å². The summed E-state index contributed by atoms with van der Waals surface area (Å²) >= 11 is 18.6. The van der Waals surface area contributed by atoms with E-state index in [2.05, 4.69) is 25.7 Å². The quantitative estimate of drug-likeness (QED) is 0.291. The number of aromatic nitrogens is 4. The van der Waals surface area contributed by atoms with Crippen LogP contribution in [0.25, 0.3) is 16.7 Å². The van der Waals surface area contributed by atoms with E-state index in [1.165, 1.54) is 6.20 Å². The molecule has 2 aromatic carbocycles. The van der Waals surface area contributed by atoms with Gasteiger partial charge in [0.2, 0.25) is 16.0 Å². The van der Waals surface area contributed by atoms with Gasteiger partial charge in [-0.2, -0.15) is 5.26 Å². The fraction of sp³-hybridized carbons (Fsp3) is 0.182. The molecule has 4 rings (SSSR count). The maximum atomic E-state index is 11.4. The van der Waals surface area contributed by atoms with E-state index in [1.807, 2.05) is 0 Å². The molecule has 10 nitrogen and oxygen atoms in total. The fourth-order valence-corrected chi connectivity index (χ4v) is 4.32. The van der Waals surface area contributed by atoms with Crippen molar-refractivity contribution >= 4 is 61.8 Å². The van der Waals surface area contributed by atoms with Gasteiger partial charge in [-0.05, 0) is 30.3 Å². The lowest BCUT2D eigenvalue weighted by Gasteiger charge is -2.12. The predicted octanol–water partition coefficient (Wildman–Crippen LogP) is 4.56. The topological polar surface area (TPSA) is 132 Å². The van der Waals surface area contributed by atoms with E-state index in [4.69, 9.17) is 44.3 Å². The van der Waals surface area contributed by atoms with Crippen molar-refractivity contribution in [2.24, 2.45) is 0 Å². The first kappa shape index (κ1) is 25.8. The normalized spacial score (nSPS) is 11.3. The molecule has 36 heavy (non-hydrogen) atoms. The van der Waals surface area contributed by atoms with Crippen molar-refractivity contribution in [3.63, 3.8) is 0 Å². The molecular formula is C22H17Cl3N6O4S. The molecule has 0 atom stereocenters. The summed E-state index contributed by atoms with van der Waals surface area (Å²) < 4.78 is 38.0. The minimum atomic E-state index is -3.51. The molecule has 0 unspecified atom stereocenters. The summed E-state index contributed by atoms with van der Waals surface area (Å²) in [7, 11) is -3.51. The van der Waals surface area contributed by atoms with Gasteiger partial charge in [-0.3, -0.25) is 9.29 Å². The lowest BCUT2D eigenvalue weighted by Crippen LogP contribution is -2.13. The van der Waals surface area contributed by atoms with Crippen LogP contribution < -0.4 is 14.2 Å². The van der Waals surface area contributed by atoms with Gasteiger partial charge in [-0.25, -0.2) is 23.4 Å². The zero-order valence-electron chi connectivity index (χ0n) is 18.6. The number of halogens is 3. The Labute approximate surface area is 221 Å². The van der Waals surface area contributed by atoms with E-state index in [1.54, 1.807) is 41.2 Å². The molecule has 14 heteroatoms. The number of imidazole rings is 1. The Balaban J connectivity index is 1.60. The number of alkyl halides is 1. The van der Waals surface area contributed by atoms with Gasteiger partial charge in [0.05, 0.1) is 39.6 Å². The lowest BCUT2D eigenvalue weighted by molar-refractivity contribution is 0.302. The average Bonchev–Trinajstić information content (AvgIpc) is 3.26. The molecular weight excluding hydrogens is 551 g/mol. The highest BCUT2D eigenvalue weighted by molar-refractivity contribution is 7.91.